The van der Waals surface area contributed by atoms with Crippen molar-refractivity contribution in [2.45, 2.75) is 33.6 Å². The second-order valence-corrected chi connectivity index (χ2v) is 9.67. The Hall–Kier alpha value is -2.35. The van der Waals surface area contributed by atoms with E-state index in [4.69, 9.17) is 16.1 Å². The van der Waals surface area contributed by atoms with E-state index in [0.717, 1.165) is 39.0 Å². The van der Waals surface area contributed by atoms with Crippen LogP contribution in [-0.4, -0.2) is 52.1 Å². The number of amides is 1. The number of nitrogens with one attached hydrogen (secondary N) is 1. The topological polar surface area (TPSA) is 87.4 Å². The molecule has 0 unspecified atom stereocenters. The molecule has 154 valence electrons. The third kappa shape index (κ3) is 3.13. The highest BCUT2D eigenvalue weighted by atomic mass is 35.5. The van der Waals surface area contributed by atoms with Gasteiger partial charge in [-0.25, -0.2) is 4.98 Å². The Bertz CT molecular complexity index is 956. The predicted octanol–water partition coefficient (Wildman–Crippen LogP) is 3.25. The summed E-state index contributed by atoms with van der Waals surface area (Å²) in [6.45, 7) is 9.57. The van der Waals surface area contributed by atoms with E-state index in [-0.39, 0.29) is 16.7 Å². The molecule has 1 N–H and O–H groups in total. The van der Waals surface area contributed by atoms with Crippen LogP contribution in [0.25, 0.3) is 0 Å². The van der Waals surface area contributed by atoms with E-state index in [9.17, 15) is 4.79 Å². The van der Waals surface area contributed by atoms with Crippen LogP contribution in [0.4, 0.5) is 17.6 Å². The molecule has 9 heteroatoms. The molecule has 2 aliphatic heterocycles. The van der Waals surface area contributed by atoms with Crippen LogP contribution >= 0.6 is 11.6 Å². The molecule has 0 radical (unpaired) electrons. The molecular formula is C20H25ClN6O2. The van der Waals surface area contributed by atoms with Gasteiger partial charge in [-0.3, -0.25) is 4.79 Å². The second kappa shape index (κ2) is 6.32. The van der Waals surface area contributed by atoms with Gasteiger partial charge in [0.15, 0.2) is 11.6 Å². The molecule has 2 saturated heterocycles. The molecule has 29 heavy (non-hydrogen) atoms. The number of rotatable bonds is 4. The maximum absolute atomic E-state index is 12.6. The zero-order chi connectivity index (χ0) is 20.4. The Morgan fingerprint density at radius 2 is 1.93 bits per heavy atom. The van der Waals surface area contributed by atoms with E-state index < -0.39 is 0 Å². The lowest BCUT2D eigenvalue weighted by molar-refractivity contribution is -0.132. The predicted molar refractivity (Wildman–Crippen MR) is 109 cm³/mol. The first-order valence-electron chi connectivity index (χ1n) is 10.0. The molecule has 4 heterocycles. The Kier molecular flexibility index (Phi) is 4.07. The van der Waals surface area contributed by atoms with Crippen molar-refractivity contribution in [1.29, 1.82) is 0 Å². The van der Waals surface area contributed by atoms with Crippen molar-refractivity contribution in [3.8, 4) is 0 Å². The summed E-state index contributed by atoms with van der Waals surface area (Å²) in [6, 6.07) is 1.78. The summed E-state index contributed by atoms with van der Waals surface area (Å²) in [7, 11) is 0. The van der Waals surface area contributed by atoms with Gasteiger partial charge < -0.3 is 19.6 Å². The number of nitrogens with zero attached hydrogens (tertiary/aromatic N) is 5. The van der Waals surface area contributed by atoms with E-state index in [1.54, 1.807) is 12.3 Å². The SMILES string of the molecule is Cc1cc(Nc2ncc(Cl)c(N3C[C@]4(C)CN(C(=O)C5CC5)C[C@]4(C)C3)n2)no1. The van der Waals surface area contributed by atoms with Gasteiger partial charge in [0.05, 0.1) is 6.20 Å². The summed E-state index contributed by atoms with van der Waals surface area (Å²) in [6.07, 6.45) is 3.71. The van der Waals surface area contributed by atoms with E-state index in [0.29, 0.717) is 34.3 Å². The molecule has 0 bridgehead atoms. The monoisotopic (exact) mass is 416 g/mol. The van der Waals surface area contributed by atoms with E-state index in [1.165, 1.54) is 0 Å². The first-order valence-corrected chi connectivity index (χ1v) is 10.4. The zero-order valence-electron chi connectivity index (χ0n) is 16.9. The molecular weight excluding hydrogens is 392 g/mol. The van der Waals surface area contributed by atoms with Crippen LogP contribution in [0.15, 0.2) is 16.8 Å². The summed E-state index contributed by atoms with van der Waals surface area (Å²) in [5.74, 6) is 3.00. The van der Waals surface area contributed by atoms with Crippen molar-refractivity contribution >= 4 is 35.1 Å². The van der Waals surface area contributed by atoms with Crippen molar-refractivity contribution in [1.82, 2.24) is 20.0 Å². The standard InChI is InChI=1S/C20H25ClN6O2/c1-12-6-15(25-29-12)23-18-22-7-14(21)16(24-18)26-8-19(2)10-27(11-20(19,3)9-26)17(28)13-4-5-13/h6-7,13H,4-5,8-11H2,1-3H3,(H,22,23,24,25)/t19-,20+. The summed E-state index contributed by atoms with van der Waals surface area (Å²) >= 11 is 6.47. The van der Waals surface area contributed by atoms with Crippen LogP contribution in [0, 0.1) is 23.7 Å². The van der Waals surface area contributed by atoms with E-state index in [1.807, 2.05) is 6.92 Å². The maximum atomic E-state index is 12.6. The molecule has 2 atom stereocenters. The molecule has 0 aromatic carbocycles. The molecule has 1 saturated carbocycles. The number of aryl methyl sites for hydroxylation is 1. The van der Waals surface area contributed by atoms with Crippen LogP contribution < -0.4 is 10.2 Å². The first kappa shape index (κ1) is 18.7. The highest BCUT2D eigenvalue weighted by Crippen LogP contribution is 2.53. The van der Waals surface area contributed by atoms with Crippen molar-refractivity contribution in [2.75, 3.05) is 36.4 Å². The third-order valence-corrected chi connectivity index (χ3v) is 7.01. The molecule has 2 aromatic heterocycles. The Balaban J connectivity index is 1.36. The molecule has 3 aliphatic rings. The van der Waals surface area contributed by atoms with Gasteiger partial charge in [-0.1, -0.05) is 30.6 Å². The largest absolute Gasteiger partial charge is 0.360 e. The zero-order valence-corrected chi connectivity index (χ0v) is 17.7. The van der Waals surface area contributed by atoms with Crippen LogP contribution in [0.1, 0.15) is 32.4 Å². The van der Waals surface area contributed by atoms with Gasteiger partial charge in [-0.05, 0) is 19.8 Å². The lowest BCUT2D eigenvalue weighted by atomic mass is 9.71. The molecule has 3 fully saturated rings. The fourth-order valence-corrected chi connectivity index (χ4v) is 4.94. The van der Waals surface area contributed by atoms with Crippen LogP contribution in [-0.2, 0) is 4.79 Å². The summed E-state index contributed by atoms with van der Waals surface area (Å²) in [5.41, 5.74) is 0.00525. The number of carbonyl (C=O) groups is 1. The minimum atomic E-state index is 0.00263. The van der Waals surface area contributed by atoms with Gasteiger partial charge in [-0.2, -0.15) is 4.98 Å². The lowest BCUT2D eigenvalue weighted by Crippen LogP contribution is -2.36. The molecule has 8 nitrogen and oxygen atoms in total. The normalized spacial score (nSPS) is 28.7. The van der Waals surface area contributed by atoms with Crippen molar-refractivity contribution in [3.63, 3.8) is 0 Å². The third-order valence-electron chi connectivity index (χ3n) is 6.75. The fraction of sp³-hybridized carbons (Fsp3) is 0.600. The van der Waals surface area contributed by atoms with Crippen molar-refractivity contribution in [2.24, 2.45) is 16.7 Å². The number of hydrogen-bond donors (Lipinski definition) is 1. The molecule has 5 rings (SSSR count). The van der Waals surface area contributed by atoms with Gasteiger partial charge in [0.2, 0.25) is 11.9 Å². The molecule has 1 aliphatic carbocycles. The Labute approximate surface area is 174 Å². The lowest BCUT2D eigenvalue weighted by Gasteiger charge is -2.29. The van der Waals surface area contributed by atoms with Gasteiger partial charge in [-0.15, -0.1) is 0 Å². The number of likely N-dealkylation sites (tertiary alicyclic amines) is 1. The minimum absolute atomic E-state index is 0.00263. The first-order chi connectivity index (χ1) is 13.8. The van der Waals surface area contributed by atoms with Crippen LogP contribution in [0.2, 0.25) is 5.02 Å². The van der Waals surface area contributed by atoms with Crippen LogP contribution in [0.5, 0.6) is 0 Å². The average Bonchev–Trinajstić information content (AvgIpc) is 3.31. The van der Waals surface area contributed by atoms with Gasteiger partial charge in [0, 0.05) is 49.0 Å². The van der Waals surface area contributed by atoms with Crippen LogP contribution in [0.3, 0.4) is 0 Å². The smallest absolute Gasteiger partial charge is 0.230 e. The number of anilines is 3. The number of aromatic nitrogens is 3. The van der Waals surface area contributed by atoms with Gasteiger partial charge >= 0.3 is 0 Å². The Morgan fingerprint density at radius 1 is 1.24 bits per heavy atom. The number of halogens is 1. The van der Waals surface area contributed by atoms with Crippen molar-refractivity contribution in [3.05, 3.63) is 23.0 Å². The fourth-order valence-electron chi connectivity index (χ4n) is 4.73. The quantitative estimate of drug-likeness (QED) is 0.818. The molecule has 2 aromatic rings. The van der Waals surface area contributed by atoms with E-state index in [2.05, 4.69) is 44.1 Å². The van der Waals surface area contributed by atoms with Crippen molar-refractivity contribution < 1.29 is 9.32 Å². The van der Waals surface area contributed by atoms with Gasteiger partial charge in [0.1, 0.15) is 10.8 Å². The summed E-state index contributed by atoms with van der Waals surface area (Å²) < 4.78 is 5.08. The van der Waals surface area contributed by atoms with E-state index >= 15 is 0 Å². The summed E-state index contributed by atoms with van der Waals surface area (Å²) in [4.78, 5) is 25.8. The van der Waals surface area contributed by atoms with Gasteiger partial charge in [0.25, 0.3) is 0 Å². The average molecular weight is 417 g/mol. The number of carbonyl (C=O) groups excluding carboxylic acids is 1. The maximum Gasteiger partial charge on any atom is 0.230 e. The highest BCUT2D eigenvalue weighted by Gasteiger charge is 2.59. The number of hydrogen-bond acceptors (Lipinski definition) is 7. The second-order valence-electron chi connectivity index (χ2n) is 9.26. The Morgan fingerprint density at radius 3 is 2.52 bits per heavy atom. The number of fused-ring (bicyclic) bond motifs is 1. The summed E-state index contributed by atoms with van der Waals surface area (Å²) in [5, 5.41) is 7.50. The molecule has 1 amide bonds. The molecule has 0 spiro atoms. The minimum Gasteiger partial charge on any atom is -0.360 e. The highest BCUT2D eigenvalue weighted by molar-refractivity contribution is 6.32.